The van der Waals surface area contributed by atoms with Gasteiger partial charge in [0, 0.05) is 67.4 Å². The highest BCUT2D eigenvalue weighted by Gasteiger charge is 2.29. The number of hydrogen-bond donors (Lipinski definition) is 2. The third-order valence-electron chi connectivity index (χ3n) is 7.10. The van der Waals surface area contributed by atoms with Crippen LogP contribution in [0.25, 0.3) is 16.6 Å². The molecule has 10 heteroatoms. The van der Waals surface area contributed by atoms with E-state index in [1.165, 1.54) is 18.9 Å². The molecule has 4 heterocycles. The molecule has 2 aliphatic rings. The van der Waals surface area contributed by atoms with Crippen molar-refractivity contribution in [3.8, 4) is 0 Å². The van der Waals surface area contributed by atoms with Crippen LogP contribution in [0.4, 0.5) is 15.8 Å². The van der Waals surface area contributed by atoms with Crippen LogP contribution in [-0.2, 0) is 6.54 Å². The highest BCUT2D eigenvalue weighted by molar-refractivity contribution is 6.37. The molecule has 36 heavy (non-hydrogen) atoms. The minimum absolute atomic E-state index is 0.216. The molecule has 0 unspecified atom stereocenters. The average molecular weight is 510 g/mol. The van der Waals surface area contributed by atoms with Crippen LogP contribution in [0.15, 0.2) is 30.7 Å². The number of hydrogen-bond acceptors (Lipinski definition) is 5. The smallest absolute Gasteiger partial charge is 0.259 e. The Hall–Kier alpha value is -3.17. The first-order valence-corrected chi connectivity index (χ1v) is 12.9. The molecule has 6 rings (SSSR count). The van der Waals surface area contributed by atoms with Gasteiger partial charge in [0.15, 0.2) is 11.5 Å². The van der Waals surface area contributed by atoms with Crippen LogP contribution in [0.3, 0.4) is 0 Å². The van der Waals surface area contributed by atoms with E-state index in [1.807, 2.05) is 23.9 Å². The van der Waals surface area contributed by atoms with Gasteiger partial charge in [-0.2, -0.15) is 5.10 Å². The van der Waals surface area contributed by atoms with E-state index >= 15 is 0 Å². The Morgan fingerprint density at radius 3 is 2.61 bits per heavy atom. The Morgan fingerprint density at radius 2 is 1.89 bits per heavy atom. The van der Waals surface area contributed by atoms with E-state index in [0.717, 1.165) is 37.0 Å². The number of fused-ring (bicyclic) bond motifs is 2. The molecule has 3 aromatic heterocycles. The summed E-state index contributed by atoms with van der Waals surface area (Å²) in [6, 6.07) is 4.40. The van der Waals surface area contributed by atoms with Crippen molar-refractivity contribution < 1.29 is 9.18 Å². The van der Waals surface area contributed by atoms with E-state index in [0.29, 0.717) is 40.5 Å². The topological polar surface area (TPSA) is 79.5 Å². The molecule has 1 saturated heterocycles. The molecule has 1 aliphatic carbocycles. The van der Waals surface area contributed by atoms with Crippen LogP contribution in [-0.4, -0.2) is 50.2 Å². The van der Waals surface area contributed by atoms with Crippen molar-refractivity contribution in [2.75, 3.05) is 23.3 Å². The predicted molar refractivity (Wildman–Crippen MR) is 140 cm³/mol. The number of anilines is 2. The molecule has 2 fully saturated rings. The van der Waals surface area contributed by atoms with Crippen LogP contribution in [0.1, 0.15) is 48.7 Å². The number of pyridine rings is 1. The van der Waals surface area contributed by atoms with Crippen molar-refractivity contribution in [2.24, 2.45) is 0 Å². The van der Waals surface area contributed by atoms with Gasteiger partial charge in [-0.3, -0.25) is 9.48 Å². The maximum Gasteiger partial charge on any atom is 0.259 e. The predicted octanol–water partition coefficient (Wildman–Crippen LogP) is 4.78. The van der Waals surface area contributed by atoms with E-state index in [4.69, 9.17) is 11.6 Å². The second kappa shape index (κ2) is 9.05. The summed E-state index contributed by atoms with van der Waals surface area (Å²) in [6.45, 7) is 6.30. The molecule has 0 radical (unpaired) electrons. The lowest BCUT2D eigenvalue weighted by Crippen LogP contribution is -2.43. The standard InChI is InChI=1S/C26H29ClFN7O/c1-3-35-14-19-22(33-8-6-17(7-9-33)30-16-4-5-16)11-20(27)23(24(19)32-35)26(36)31-18-10-21(28)25-29-15(2)12-34(25)13-18/h10-14,16-17,30H,3-9H2,1-2H3,(H,31,36). The number of benzene rings is 1. The van der Waals surface area contributed by atoms with E-state index in [-0.39, 0.29) is 11.2 Å². The van der Waals surface area contributed by atoms with Crippen molar-refractivity contribution >= 4 is 45.4 Å². The molecule has 4 aromatic rings. The summed E-state index contributed by atoms with van der Waals surface area (Å²) in [7, 11) is 0. The highest BCUT2D eigenvalue weighted by Crippen LogP contribution is 2.36. The summed E-state index contributed by atoms with van der Waals surface area (Å²) in [5.74, 6) is -0.942. The van der Waals surface area contributed by atoms with Crippen molar-refractivity contribution in [3.05, 3.63) is 52.8 Å². The van der Waals surface area contributed by atoms with Crippen LogP contribution in [0.5, 0.6) is 0 Å². The van der Waals surface area contributed by atoms with E-state index in [1.54, 1.807) is 23.7 Å². The second-order valence-electron chi connectivity index (χ2n) is 9.85. The van der Waals surface area contributed by atoms with Gasteiger partial charge in [-0.15, -0.1) is 0 Å². The maximum absolute atomic E-state index is 14.6. The lowest BCUT2D eigenvalue weighted by molar-refractivity contribution is 0.102. The molecule has 1 aliphatic heterocycles. The Kier molecular flexibility index (Phi) is 5.84. The normalized spacial score (nSPS) is 16.8. The molecule has 1 amide bonds. The zero-order valence-corrected chi connectivity index (χ0v) is 21.1. The first-order chi connectivity index (χ1) is 17.4. The zero-order chi connectivity index (χ0) is 25.0. The van der Waals surface area contributed by atoms with Crippen molar-refractivity contribution in [3.63, 3.8) is 0 Å². The van der Waals surface area contributed by atoms with Gasteiger partial charge in [0.1, 0.15) is 5.52 Å². The third kappa shape index (κ3) is 4.30. The molecule has 0 spiro atoms. The summed E-state index contributed by atoms with van der Waals surface area (Å²) < 4.78 is 18.0. The average Bonchev–Trinajstić information content (AvgIpc) is 3.42. The second-order valence-corrected chi connectivity index (χ2v) is 10.3. The molecule has 1 aromatic carbocycles. The van der Waals surface area contributed by atoms with Crippen LogP contribution >= 0.6 is 11.6 Å². The number of nitrogens with one attached hydrogen (secondary N) is 2. The maximum atomic E-state index is 14.6. The highest BCUT2D eigenvalue weighted by atomic mass is 35.5. The van der Waals surface area contributed by atoms with Crippen LogP contribution in [0, 0.1) is 12.7 Å². The largest absolute Gasteiger partial charge is 0.371 e. The number of nitrogens with zero attached hydrogens (tertiary/aromatic N) is 5. The molecule has 2 N–H and O–H groups in total. The molecular formula is C26H29ClFN7O. The number of aromatic nitrogens is 4. The summed E-state index contributed by atoms with van der Waals surface area (Å²) in [6.07, 6.45) is 10.0. The Balaban J connectivity index is 1.32. The van der Waals surface area contributed by atoms with Gasteiger partial charge in [0.25, 0.3) is 5.91 Å². The summed E-state index contributed by atoms with van der Waals surface area (Å²) in [5.41, 5.74) is 3.06. The minimum Gasteiger partial charge on any atom is -0.371 e. The van der Waals surface area contributed by atoms with Gasteiger partial charge in [0.2, 0.25) is 0 Å². The Labute approximate surface area is 213 Å². The zero-order valence-electron chi connectivity index (χ0n) is 20.4. The molecule has 8 nitrogen and oxygen atoms in total. The number of rotatable bonds is 6. The molecule has 0 bridgehead atoms. The Morgan fingerprint density at radius 1 is 1.14 bits per heavy atom. The Bertz CT molecular complexity index is 1470. The minimum atomic E-state index is -0.512. The molecule has 188 valence electrons. The van der Waals surface area contributed by atoms with E-state index in [9.17, 15) is 9.18 Å². The number of halogens is 2. The van der Waals surface area contributed by atoms with Gasteiger partial charge in [-0.1, -0.05) is 11.6 Å². The number of amides is 1. The lowest BCUT2D eigenvalue weighted by atomic mass is 10.0. The molecule has 0 atom stereocenters. The first kappa shape index (κ1) is 23.2. The fourth-order valence-corrected chi connectivity index (χ4v) is 5.41. The van der Waals surface area contributed by atoms with Gasteiger partial charge in [-0.05, 0) is 45.6 Å². The van der Waals surface area contributed by atoms with E-state index in [2.05, 4.69) is 25.6 Å². The summed E-state index contributed by atoms with van der Waals surface area (Å²) in [4.78, 5) is 19.9. The quantitative estimate of drug-likeness (QED) is 0.391. The SMILES string of the molecule is CCn1cc2c(N3CCC(NC4CC4)CC3)cc(Cl)c(C(=O)Nc3cc(F)c4nc(C)cn4c3)c2n1. The number of piperidine rings is 1. The number of carbonyl (C=O) groups excluding carboxylic acids is 1. The fraction of sp³-hybridized carbons (Fsp3) is 0.423. The van der Waals surface area contributed by atoms with Crippen molar-refractivity contribution in [1.82, 2.24) is 24.5 Å². The lowest BCUT2D eigenvalue weighted by Gasteiger charge is -2.34. The third-order valence-corrected chi connectivity index (χ3v) is 7.39. The monoisotopic (exact) mass is 509 g/mol. The van der Waals surface area contributed by atoms with Crippen LogP contribution < -0.4 is 15.5 Å². The summed E-state index contributed by atoms with van der Waals surface area (Å²) >= 11 is 6.74. The molecule has 1 saturated carbocycles. The fourth-order valence-electron chi connectivity index (χ4n) is 5.13. The number of imidazole rings is 1. The van der Waals surface area contributed by atoms with Crippen LogP contribution in [0.2, 0.25) is 5.02 Å². The first-order valence-electron chi connectivity index (χ1n) is 12.6. The summed E-state index contributed by atoms with van der Waals surface area (Å²) in [5, 5.41) is 12.5. The van der Waals surface area contributed by atoms with Crippen molar-refractivity contribution in [2.45, 2.75) is 58.2 Å². The number of carbonyl (C=O) groups is 1. The van der Waals surface area contributed by atoms with Gasteiger partial charge < -0.3 is 19.9 Å². The van der Waals surface area contributed by atoms with Crippen molar-refractivity contribution in [1.29, 1.82) is 0 Å². The molecular weight excluding hydrogens is 481 g/mol. The van der Waals surface area contributed by atoms with Gasteiger partial charge >= 0.3 is 0 Å². The number of aryl methyl sites for hydroxylation is 2. The van der Waals surface area contributed by atoms with Gasteiger partial charge in [-0.25, -0.2) is 9.37 Å². The van der Waals surface area contributed by atoms with Gasteiger partial charge in [0.05, 0.1) is 22.0 Å². The van der Waals surface area contributed by atoms with E-state index < -0.39 is 11.7 Å².